The van der Waals surface area contributed by atoms with E-state index in [9.17, 15) is 8.42 Å². The summed E-state index contributed by atoms with van der Waals surface area (Å²) in [4.78, 5) is 0. The number of aromatic nitrogens is 2. The van der Waals surface area contributed by atoms with Crippen LogP contribution in [0.2, 0.25) is 0 Å². The van der Waals surface area contributed by atoms with E-state index in [2.05, 4.69) is 20.2 Å². The average molecular weight is 388 g/mol. The lowest BCUT2D eigenvalue weighted by Crippen LogP contribution is -2.12. The maximum Gasteiger partial charge on any atom is 0.247 e. The topological polar surface area (TPSA) is 106 Å². The van der Waals surface area contributed by atoms with Crippen molar-refractivity contribution in [2.45, 2.75) is 13.0 Å². The molecule has 0 amide bonds. The summed E-state index contributed by atoms with van der Waals surface area (Å²) in [6, 6.07) is 14.3. The van der Waals surface area contributed by atoms with Crippen LogP contribution in [-0.2, 0) is 10.0 Å². The summed E-state index contributed by atoms with van der Waals surface area (Å²) >= 11 is 0. The van der Waals surface area contributed by atoms with Crippen LogP contribution in [0.5, 0.6) is 5.75 Å². The zero-order valence-electron chi connectivity index (χ0n) is 15.1. The van der Waals surface area contributed by atoms with Gasteiger partial charge >= 0.3 is 0 Å². The van der Waals surface area contributed by atoms with Crippen LogP contribution >= 0.6 is 0 Å². The van der Waals surface area contributed by atoms with E-state index in [0.29, 0.717) is 28.9 Å². The third-order valence-electron chi connectivity index (χ3n) is 3.71. The number of rotatable bonds is 7. The van der Waals surface area contributed by atoms with Gasteiger partial charge in [0.15, 0.2) is 0 Å². The Morgan fingerprint density at radius 1 is 1.11 bits per heavy atom. The van der Waals surface area contributed by atoms with Gasteiger partial charge in [-0.1, -0.05) is 18.2 Å². The van der Waals surface area contributed by atoms with Crippen LogP contribution in [-0.4, -0.2) is 32.0 Å². The number of sulfonamides is 1. The van der Waals surface area contributed by atoms with E-state index < -0.39 is 10.0 Å². The minimum absolute atomic E-state index is 0.283. The van der Waals surface area contributed by atoms with Gasteiger partial charge in [-0.3, -0.25) is 4.72 Å². The lowest BCUT2D eigenvalue weighted by atomic mass is 10.2. The van der Waals surface area contributed by atoms with Crippen molar-refractivity contribution in [3.63, 3.8) is 0 Å². The number of nitrogens with one attached hydrogen (secondary N) is 2. The Morgan fingerprint density at radius 2 is 1.85 bits per heavy atom. The molecular formula is C18H20N4O4S. The molecule has 2 aromatic carbocycles. The maximum atomic E-state index is 11.5. The fourth-order valence-electron chi connectivity index (χ4n) is 2.50. The smallest absolute Gasteiger partial charge is 0.247 e. The number of benzene rings is 2. The highest BCUT2D eigenvalue weighted by atomic mass is 32.2. The molecule has 1 heterocycles. The van der Waals surface area contributed by atoms with Crippen LogP contribution in [0.15, 0.2) is 52.9 Å². The first-order chi connectivity index (χ1) is 12.9. The zero-order chi connectivity index (χ0) is 19.4. The van der Waals surface area contributed by atoms with Crippen LogP contribution in [0.1, 0.15) is 18.9 Å². The number of methoxy groups -OCH3 is 1. The Hall–Kier alpha value is -3.07. The van der Waals surface area contributed by atoms with Gasteiger partial charge in [-0.05, 0) is 37.3 Å². The summed E-state index contributed by atoms with van der Waals surface area (Å²) < 4.78 is 36.4. The van der Waals surface area contributed by atoms with Gasteiger partial charge in [0.2, 0.25) is 21.8 Å². The van der Waals surface area contributed by atoms with Crippen molar-refractivity contribution in [1.82, 2.24) is 10.2 Å². The molecule has 0 radical (unpaired) electrons. The number of hydrogen-bond acceptors (Lipinski definition) is 7. The first kappa shape index (κ1) is 18.7. The molecule has 0 spiro atoms. The van der Waals surface area contributed by atoms with E-state index in [0.717, 1.165) is 11.8 Å². The molecule has 3 rings (SSSR count). The average Bonchev–Trinajstić information content (AvgIpc) is 3.12. The highest BCUT2D eigenvalue weighted by Gasteiger charge is 2.16. The van der Waals surface area contributed by atoms with Crippen molar-refractivity contribution in [2.24, 2.45) is 0 Å². The molecule has 1 atom stereocenters. The van der Waals surface area contributed by atoms with Crippen LogP contribution in [0.3, 0.4) is 0 Å². The van der Waals surface area contributed by atoms with E-state index in [1.807, 2.05) is 37.3 Å². The normalized spacial score (nSPS) is 12.4. The maximum absolute atomic E-state index is 11.5. The van der Waals surface area contributed by atoms with Crippen molar-refractivity contribution in [3.8, 4) is 17.2 Å². The minimum atomic E-state index is -3.43. The molecule has 3 aromatic rings. The number of hydrogen-bond donors (Lipinski definition) is 2. The standard InChI is InChI=1S/C18H20N4O4S/c1-12(17-20-21-18(26-17)13-7-5-4-6-8-13)19-14-9-10-16(25-2)15(11-14)22-27(3,23)24/h4-12,19,22H,1-3H3/t12-/m1/s1. The molecule has 1 aromatic heterocycles. The summed E-state index contributed by atoms with van der Waals surface area (Å²) in [5.74, 6) is 1.28. The molecule has 142 valence electrons. The Kier molecular flexibility index (Phi) is 5.31. The summed E-state index contributed by atoms with van der Waals surface area (Å²) in [5, 5.41) is 11.4. The quantitative estimate of drug-likeness (QED) is 0.639. The molecule has 0 aliphatic heterocycles. The molecule has 0 fully saturated rings. The van der Waals surface area contributed by atoms with Crippen LogP contribution < -0.4 is 14.8 Å². The molecule has 8 nitrogen and oxygen atoms in total. The summed E-state index contributed by atoms with van der Waals surface area (Å²) in [6.45, 7) is 1.87. The predicted octanol–water partition coefficient (Wildman–Crippen LogP) is 3.29. The molecule has 0 bridgehead atoms. The van der Waals surface area contributed by atoms with Crippen molar-refractivity contribution in [3.05, 3.63) is 54.4 Å². The molecule has 0 aliphatic carbocycles. The predicted molar refractivity (Wildman–Crippen MR) is 103 cm³/mol. The van der Waals surface area contributed by atoms with E-state index in [-0.39, 0.29) is 6.04 Å². The van der Waals surface area contributed by atoms with Gasteiger partial charge in [0.05, 0.1) is 19.1 Å². The van der Waals surface area contributed by atoms with Gasteiger partial charge < -0.3 is 14.5 Å². The molecular weight excluding hydrogens is 368 g/mol. The van der Waals surface area contributed by atoms with Crippen molar-refractivity contribution in [2.75, 3.05) is 23.4 Å². The van der Waals surface area contributed by atoms with E-state index in [1.54, 1.807) is 18.2 Å². The van der Waals surface area contributed by atoms with Crippen molar-refractivity contribution >= 4 is 21.4 Å². The Balaban J connectivity index is 1.79. The monoisotopic (exact) mass is 388 g/mol. The Bertz CT molecular complexity index is 1020. The highest BCUT2D eigenvalue weighted by Crippen LogP contribution is 2.30. The molecule has 2 N–H and O–H groups in total. The Labute approximate surface area is 157 Å². The first-order valence-corrected chi connectivity index (χ1v) is 10.1. The minimum Gasteiger partial charge on any atom is -0.495 e. The van der Waals surface area contributed by atoms with Gasteiger partial charge in [-0.2, -0.15) is 0 Å². The molecule has 0 aliphatic rings. The second kappa shape index (κ2) is 7.67. The van der Waals surface area contributed by atoms with Crippen molar-refractivity contribution in [1.29, 1.82) is 0 Å². The van der Waals surface area contributed by atoms with Gasteiger partial charge in [0, 0.05) is 11.3 Å². The third kappa shape index (κ3) is 4.76. The number of nitrogens with zero attached hydrogens (tertiary/aromatic N) is 2. The van der Waals surface area contributed by atoms with Gasteiger partial charge in [-0.15, -0.1) is 10.2 Å². The van der Waals surface area contributed by atoms with E-state index >= 15 is 0 Å². The second-order valence-corrected chi connectivity index (χ2v) is 7.72. The summed E-state index contributed by atoms with van der Waals surface area (Å²) in [6.07, 6.45) is 1.08. The summed E-state index contributed by atoms with van der Waals surface area (Å²) in [7, 11) is -1.96. The fraction of sp³-hybridized carbons (Fsp3) is 0.222. The van der Waals surface area contributed by atoms with Crippen molar-refractivity contribution < 1.29 is 17.6 Å². The molecule has 27 heavy (non-hydrogen) atoms. The van der Waals surface area contributed by atoms with Crippen LogP contribution in [0.25, 0.3) is 11.5 Å². The fourth-order valence-corrected chi connectivity index (χ4v) is 3.05. The van der Waals surface area contributed by atoms with E-state index in [1.165, 1.54) is 7.11 Å². The number of anilines is 2. The molecule has 0 saturated carbocycles. The lowest BCUT2D eigenvalue weighted by molar-refractivity contribution is 0.417. The molecule has 0 unspecified atom stereocenters. The molecule has 9 heteroatoms. The first-order valence-electron chi connectivity index (χ1n) is 8.17. The number of ether oxygens (including phenoxy) is 1. The van der Waals surface area contributed by atoms with Crippen LogP contribution in [0.4, 0.5) is 11.4 Å². The highest BCUT2D eigenvalue weighted by molar-refractivity contribution is 7.92. The van der Waals surface area contributed by atoms with Gasteiger partial charge in [0.25, 0.3) is 0 Å². The van der Waals surface area contributed by atoms with Crippen LogP contribution in [0, 0.1) is 0 Å². The second-order valence-electron chi connectivity index (χ2n) is 5.97. The van der Waals surface area contributed by atoms with Gasteiger partial charge in [0.1, 0.15) is 11.8 Å². The summed E-state index contributed by atoms with van der Waals surface area (Å²) in [5.41, 5.74) is 1.86. The van der Waals surface area contributed by atoms with Gasteiger partial charge in [-0.25, -0.2) is 8.42 Å². The lowest BCUT2D eigenvalue weighted by Gasteiger charge is -2.15. The van der Waals surface area contributed by atoms with E-state index in [4.69, 9.17) is 9.15 Å². The third-order valence-corrected chi connectivity index (χ3v) is 4.30. The molecule has 0 saturated heterocycles. The Morgan fingerprint density at radius 3 is 2.52 bits per heavy atom. The largest absolute Gasteiger partial charge is 0.495 e. The zero-order valence-corrected chi connectivity index (χ0v) is 15.9. The SMILES string of the molecule is COc1ccc(N[C@H](C)c2nnc(-c3ccccc3)o2)cc1NS(C)(=O)=O.